The van der Waals surface area contributed by atoms with Crippen molar-refractivity contribution in [3.63, 3.8) is 0 Å². The van der Waals surface area contributed by atoms with E-state index in [0.717, 1.165) is 22.9 Å². The second kappa shape index (κ2) is 5.93. The Hall–Kier alpha value is -1.75. The van der Waals surface area contributed by atoms with E-state index < -0.39 is 0 Å². The van der Waals surface area contributed by atoms with Gasteiger partial charge in [0.05, 0.1) is 6.42 Å². The largest absolute Gasteiger partial charge is 0.355 e. The van der Waals surface area contributed by atoms with Crippen LogP contribution in [-0.4, -0.2) is 22.6 Å². The van der Waals surface area contributed by atoms with E-state index in [1.165, 1.54) is 23.3 Å². The zero-order valence-corrected chi connectivity index (χ0v) is 12.9. The van der Waals surface area contributed by atoms with Gasteiger partial charge in [-0.3, -0.25) is 4.79 Å². The van der Waals surface area contributed by atoms with Gasteiger partial charge in [-0.2, -0.15) is 0 Å². The lowest BCUT2D eigenvalue weighted by Crippen LogP contribution is -2.45. The van der Waals surface area contributed by atoms with E-state index in [1.54, 1.807) is 0 Å². The van der Waals surface area contributed by atoms with E-state index in [4.69, 9.17) is 0 Å². The SMILES string of the molecule is Cc1nnc(CC(=O)NCC2(c3ccccc3)CCC2)s1. The fourth-order valence-electron chi connectivity index (χ4n) is 2.84. The smallest absolute Gasteiger partial charge is 0.226 e. The molecule has 5 heteroatoms. The average molecular weight is 301 g/mol. The molecular weight excluding hydrogens is 282 g/mol. The molecule has 0 bridgehead atoms. The van der Waals surface area contributed by atoms with Crippen molar-refractivity contribution in [2.75, 3.05) is 6.54 Å². The Morgan fingerprint density at radius 3 is 2.62 bits per heavy atom. The first-order valence-corrected chi connectivity index (χ1v) is 8.11. The molecular formula is C16H19N3OS. The summed E-state index contributed by atoms with van der Waals surface area (Å²) >= 11 is 1.48. The van der Waals surface area contributed by atoms with Crippen LogP contribution in [-0.2, 0) is 16.6 Å². The van der Waals surface area contributed by atoms with Crippen molar-refractivity contribution in [2.24, 2.45) is 0 Å². The lowest BCUT2D eigenvalue weighted by Gasteiger charge is -2.42. The number of aromatic nitrogens is 2. The molecule has 3 rings (SSSR count). The topological polar surface area (TPSA) is 54.9 Å². The molecule has 1 aliphatic carbocycles. The first-order valence-electron chi connectivity index (χ1n) is 7.29. The van der Waals surface area contributed by atoms with Gasteiger partial charge in [-0.1, -0.05) is 36.8 Å². The predicted molar refractivity (Wildman–Crippen MR) is 83.3 cm³/mol. The molecule has 2 aromatic rings. The summed E-state index contributed by atoms with van der Waals surface area (Å²) in [7, 11) is 0. The zero-order valence-electron chi connectivity index (χ0n) is 12.1. The molecule has 0 saturated heterocycles. The quantitative estimate of drug-likeness (QED) is 0.923. The van der Waals surface area contributed by atoms with E-state index in [9.17, 15) is 4.79 Å². The Balaban J connectivity index is 1.59. The Morgan fingerprint density at radius 1 is 1.29 bits per heavy atom. The molecule has 1 aromatic heterocycles. The third-order valence-electron chi connectivity index (χ3n) is 4.20. The van der Waals surface area contributed by atoms with Gasteiger partial charge >= 0.3 is 0 Å². The van der Waals surface area contributed by atoms with Gasteiger partial charge in [0.2, 0.25) is 5.91 Å². The zero-order chi connectivity index (χ0) is 14.7. The van der Waals surface area contributed by atoms with Crippen LogP contribution in [0.3, 0.4) is 0 Å². The minimum Gasteiger partial charge on any atom is -0.355 e. The maximum Gasteiger partial charge on any atom is 0.226 e. The van der Waals surface area contributed by atoms with Crippen LogP contribution in [0.2, 0.25) is 0 Å². The summed E-state index contributed by atoms with van der Waals surface area (Å²) < 4.78 is 0. The van der Waals surface area contributed by atoms with Crippen molar-refractivity contribution >= 4 is 17.2 Å². The normalized spacial score (nSPS) is 16.2. The van der Waals surface area contributed by atoms with Crippen molar-refractivity contribution in [1.29, 1.82) is 0 Å². The van der Waals surface area contributed by atoms with Crippen LogP contribution in [0, 0.1) is 6.92 Å². The maximum atomic E-state index is 12.1. The Bertz CT molecular complexity index is 619. The molecule has 1 fully saturated rings. The maximum absolute atomic E-state index is 12.1. The predicted octanol–water partition coefficient (Wildman–Crippen LogP) is 2.63. The van der Waals surface area contributed by atoms with Crippen LogP contribution < -0.4 is 5.32 Å². The van der Waals surface area contributed by atoms with Crippen LogP contribution in [0.25, 0.3) is 0 Å². The average Bonchev–Trinajstić information content (AvgIpc) is 2.84. The van der Waals surface area contributed by atoms with Crippen LogP contribution in [0.5, 0.6) is 0 Å². The standard InChI is InChI=1S/C16H19N3OS/c1-12-18-19-15(21-12)10-14(20)17-11-16(8-5-9-16)13-6-3-2-4-7-13/h2-4,6-7H,5,8-11H2,1H3,(H,17,20). The van der Waals surface area contributed by atoms with Gasteiger partial charge in [-0.15, -0.1) is 21.5 Å². The van der Waals surface area contributed by atoms with Gasteiger partial charge in [0.15, 0.2) is 0 Å². The summed E-state index contributed by atoms with van der Waals surface area (Å²) in [5.74, 6) is 0.0355. The van der Waals surface area contributed by atoms with Crippen molar-refractivity contribution in [1.82, 2.24) is 15.5 Å². The summed E-state index contributed by atoms with van der Waals surface area (Å²) in [6, 6.07) is 10.5. The van der Waals surface area contributed by atoms with Gasteiger partial charge in [-0.25, -0.2) is 0 Å². The third kappa shape index (κ3) is 3.13. The van der Waals surface area contributed by atoms with E-state index in [0.29, 0.717) is 13.0 Å². The van der Waals surface area contributed by atoms with Gasteiger partial charge in [0.25, 0.3) is 0 Å². The second-order valence-electron chi connectivity index (χ2n) is 5.67. The number of amides is 1. The minimum absolute atomic E-state index is 0.0355. The van der Waals surface area contributed by atoms with Crippen molar-refractivity contribution in [3.05, 3.63) is 45.9 Å². The lowest BCUT2D eigenvalue weighted by molar-refractivity contribution is -0.120. The molecule has 0 atom stereocenters. The molecule has 1 amide bonds. The first kappa shape index (κ1) is 14.2. The van der Waals surface area contributed by atoms with Crippen LogP contribution >= 0.6 is 11.3 Å². The van der Waals surface area contributed by atoms with Gasteiger partial charge in [0, 0.05) is 12.0 Å². The number of carbonyl (C=O) groups is 1. The third-order valence-corrected chi connectivity index (χ3v) is 5.04. The number of hydrogen-bond acceptors (Lipinski definition) is 4. The number of benzene rings is 1. The van der Waals surface area contributed by atoms with E-state index in [1.807, 2.05) is 13.0 Å². The Kier molecular flexibility index (Phi) is 4.01. The summed E-state index contributed by atoms with van der Waals surface area (Å²) in [6.45, 7) is 2.62. The molecule has 1 N–H and O–H groups in total. The summed E-state index contributed by atoms with van der Waals surface area (Å²) in [5.41, 5.74) is 1.47. The summed E-state index contributed by atoms with van der Waals surface area (Å²) in [4.78, 5) is 12.1. The highest BCUT2D eigenvalue weighted by atomic mass is 32.1. The van der Waals surface area contributed by atoms with Gasteiger partial charge < -0.3 is 5.32 Å². The monoisotopic (exact) mass is 301 g/mol. The highest BCUT2D eigenvalue weighted by Crippen LogP contribution is 2.43. The van der Waals surface area contributed by atoms with E-state index in [2.05, 4.69) is 39.8 Å². The number of aryl methyl sites for hydroxylation is 1. The van der Waals surface area contributed by atoms with E-state index in [-0.39, 0.29) is 11.3 Å². The number of rotatable bonds is 5. The second-order valence-corrected chi connectivity index (χ2v) is 6.93. The van der Waals surface area contributed by atoms with Crippen LogP contribution in [0.15, 0.2) is 30.3 Å². The molecule has 1 aromatic carbocycles. The molecule has 0 aliphatic heterocycles. The molecule has 0 unspecified atom stereocenters. The molecule has 4 nitrogen and oxygen atoms in total. The van der Waals surface area contributed by atoms with Crippen LogP contribution in [0.4, 0.5) is 0 Å². The molecule has 110 valence electrons. The fourth-order valence-corrected chi connectivity index (χ4v) is 3.55. The number of nitrogens with one attached hydrogen (secondary N) is 1. The minimum atomic E-state index is 0.0355. The van der Waals surface area contributed by atoms with Gasteiger partial charge in [0.1, 0.15) is 10.0 Å². The molecule has 0 radical (unpaired) electrons. The number of carbonyl (C=O) groups excluding carboxylic acids is 1. The Labute approximate surface area is 128 Å². The molecule has 1 saturated carbocycles. The number of hydrogen-bond donors (Lipinski definition) is 1. The lowest BCUT2D eigenvalue weighted by atomic mass is 9.64. The first-order chi connectivity index (χ1) is 10.2. The Morgan fingerprint density at radius 2 is 2.05 bits per heavy atom. The molecule has 1 aliphatic rings. The van der Waals surface area contributed by atoms with Crippen molar-refractivity contribution in [3.8, 4) is 0 Å². The van der Waals surface area contributed by atoms with Crippen LogP contribution in [0.1, 0.15) is 34.8 Å². The fraction of sp³-hybridized carbons (Fsp3) is 0.438. The van der Waals surface area contributed by atoms with Crippen molar-refractivity contribution in [2.45, 2.75) is 38.0 Å². The highest BCUT2D eigenvalue weighted by molar-refractivity contribution is 7.11. The summed E-state index contributed by atoms with van der Waals surface area (Å²) in [6.07, 6.45) is 3.86. The van der Waals surface area contributed by atoms with E-state index >= 15 is 0 Å². The molecule has 21 heavy (non-hydrogen) atoms. The number of nitrogens with zero attached hydrogens (tertiary/aromatic N) is 2. The van der Waals surface area contributed by atoms with Crippen molar-refractivity contribution < 1.29 is 4.79 Å². The summed E-state index contributed by atoms with van der Waals surface area (Å²) in [5, 5.41) is 12.7. The molecule has 1 heterocycles. The highest BCUT2D eigenvalue weighted by Gasteiger charge is 2.38. The van der Waals surface area contributed by atoms with Gasteiger partial charge in [-0.05, 0) is 25.3 Å². The molecule has 0 spiro atoms.